The minimum atomic E-state index is 0.218. The summed E-state index contributed by atoms with van der Waals surface area (Å²) in [6, 6.07) is 37.8. The maximum absolute atomic E-state index is 5.63. The first-order valence-electron chi connectivity index (χ1n) is 17.3. The van der Waals surface area contributed by atoms with Crippen molar-refractivity contribution >= 4 is 22.0 Å². The molecule has 236 valence electrons. The van der Waals surface area contributed by atoms with Crippen LogP contribution in [0.15, 0.2) is 127 Å². The highest BCUT2D eigenvalue weighted by atomic mass is 16.5. The fraction of sp³-hybridized carbons (Fsp3) is 0.279. The average Bonchev–Trinajstić information content (AvgIpc) is 3.15. The topological polar surface area (TPSA) is 28.6 Å². The Balaban J connectivity index is 1.08. The summed E-state index contributed by atoms with van der Waals surface area (Å²) in [4.78, 5) is 10.0. The largest absolute Gasteiger partial charge is 0.495 e. The van der Waals surface area contributed by atoms with Crippen LogP contribution in [0, 0.1) is 5.92 Å². The molecule has 1 saturated heterocycles. The summed E-state index contributed by atoms with van der Waals surface area (Å²) in [7, 11) is 1.76. The number of ether oxygens (including phenoxy) is 1. The van der Waals surface area contributed by atoms with E-state index >= 15 is 0 Å². The Morgan fingerprint density at radius 1 is 0.851 bits per heavy atom. The highest BCUT2D eigenvalue weighted by Gasteiger charge is 2.35. The maximum atomic E-state index is 5.63. The van der Waals surface area contributed by atoms with Crippen molar-refractivity contribution in [2.45, 2.75) is 31.6 Å². The van der Waals surface area contributed by atoms with Gasteiger partial charge in [0.25, 0.3) is 0 Å². The third-order valence-corrected chi connectivity index (χ3v) is 10.7. The number of nitrogens with zero attached hydrogens (tertiary/aromatic N) is 3. The summed E-state index contributed by atoms with van der Waals surface area (Å²) >= 11 is 0. The van der Waals surface area contributed by atoms with Crippen LogP contribution in [0.5, 0.6) is 5.75 Å². The lowest BCUT2D eigenvalue weighted by Gasteiger charge is -2.37. The van der Waals surface area contributed by atoms with Gasteiger partial charge < -0.3 is 9.64 Å². The number of benzene rings is 4. The van der Waals surface area contributed by atoms with Crippen LogP contribution in [0.25, 0.3) is 16.3 Å². The number of piperazine rings is 1. The van der Waals surface area contributed by atoms with Gasteiger partial charge in [-0.2, -0.15) is 0 Å². The van der Waals surface area contributed by atoms with E-state index in [0.29, 0.717) is 5.92 Å². The predicted molar refractivity (Wildman–Crippen MR) is 194 cm³/mol. The van der Waals surface area contributed by atoms with Gasteiger partial charge in [0.15, 0.2) is 0 Å². The standard InChI is InChI=1S/C43H43N3O/c1-47-42-17-8-7-16-41(42)46-27-25-45(26-28-46)24-22-31-18-19-32-20-21-36-34-13-5-6-14-35(34)39(30-38(36)37(32)29-31)43(33-11-3-2-4-12-33)40-15-9-10-23-44-40/h2-5,7-13,15-21,23,29,39,43H,6,14,22,24-28,30H2,1H3. The van der Waals surface area contributed by atoms with Gasteiger partial charge in [-0.3, -0.25) is 9.88 Å². The lowest BCUT2D eigenvalue weighted by molar-refractivity contribution is 0.260. The zero-order valence-electron chi connectivity index (χ0n) is 27.3. The van der Waals surface area contributed by atoms with Gasteiger partial charge >= 0.3 is 0 Å². The van der Waals surface area contributed by atoms with Gasteiger partial charge in [-0.1, -0.05) is 96.6 Å². The molecule has 0 saturated carbocycles. The van der Waals surface area contributed by atoms with Crippen LogP contribution < -0.4 is 9.64 Å². The summed E-state index contributed by atoms with van der Waals surface area (Å²) in [5, 5.41) is 2.76. The SMILES string of the molecule is COc1ccccc1N1CCN(CCc2ccc3ccc4c(c3c2)CC(C(c2ccccc2)c2ccccn2)C2=C4C=CCC2)CC1. The van der Waals surface area contributed by atoms with Crippen LogP contribution in [0.2, 0.25) is 0 Å². The summed E-state index contributed by atoms with van der Waals surface area (Å²) in [6.45, 7) is 5.27. The Morgan fingerprint density at radius 3 is 2.49 bits per heavy atom. The van der Waals surface area contributed by atoms with Crippen molar-refractivity contribution in [1.82, 2.24) is 9.88 Å². The zero-order chi connectivity index (χ0) is 31.6. The molecule has 0 N–H and O–H groups in total. The Kier molecular flexibility index (Phi) is 8.35. The number of allylic oxidation sites excluding steroid dienone is 4. The highest BCUT2D eigenvalue weighted by molar-refractivity contribution is 5.94. The van der Waals surface area contributed by atoms with Crippen molar-refractivity contribution in [3.63, 3.8) is 0 Å². The smallest absolute Gasteiger partial charge is 0.142 e. The number of methoxy groups -OCH3 is 1. The lowest BCUT2D eigenvalue weighted by atomic mass is 9.67. The van der Waals surface area contributed by atoms with Crippen LogP contribution >= 0.6 is 0 Å². The molecule has 0 bridgehead atoms. The summed E-state index contributed by atoms with van der Waals surface area (Å²) < 4.78 is 5.63. The van der Waals surface area contributed by atoms with Crippen molar-refractivity contribution < 1.29 is 4.74 Å². The first-order valence-corrected chi connectivity index (χ1v) is 17.3. The van der Waals surface area contributed by atoms with Gasteiger partial charge in [-0.15, -0.1) is 0 Å². The van der Waals surface area contributed by atoms with Gasteiger partial charge in [0.05, 0.1) is 12.8 Å². The minimum absolute atomic E-state index is 0.218. The second-order valence-electron chi connectivity index (χ2n) is 13.2. The van der Waals surface area contributed by atoms with Crippen molar-refractivity contribution in [3.8, 4) is 5.75 Å². The Morgan fingerprint density at radius 2 is 1.66 bits per heavy atom. The molecule has 3 aliphatic rings. The molecule has 1 aromatic heterocycles. The number of hydrogen-bond acceptors (Lipinski definition) is 4. The number of rotatable bonds is 8. The van der Waals surface area contributed by atoms with E-state index in [1.807, 2.05) is 18.3 Å². The molecule has 8 rings (SSSR count). The molecular formula is C43H43N3O. The maximum Gasteiger partial charge on any atom is 0.142 e. The highest BCUT2D eigenvalue weighted by Crippen LogP contribution is 2.49. The van der Waals surface area contributed by atoms with E-state index in [9.17, 15) is 0 Å². The molecule has 2 unspecified atom stereocenters. The van der Waals surface area contributed by atoms with Gasteiger partial charge in [0, 0.05) is 50.5 Å². The molecule has 0 spiro atoms. The van der Waals surface area contributed by atoms with Gasteiger partial charge in [-0.25, -0.2) is 0 Å². The summed E-state index contributed by atoms with van der Waals surface area (Å²) in [5.41, 5.74) is 11.1. The molecule has 2 heterocycles. The van der Waals surface area contributed by atoms with Crippen molar-refractivity contribution in [2.75, 3.05) is 44.7 Å². The normalized spacial score (nSPS) is 18.6. The van der Waals surface area contributed by atoms with Crippen LogP contribution in [0.3, 0.4) is 0 Å². The number of hydrogen-bond donors (Lipinski definition) is 0. The fourth-order valence-electron chi connectivity index (χ4n) is 8.27. The minimum Gasteiger partial charge on any atom is -0.495 e. The second-order valence-corrected chi connectivity index (χ2v) is 13.2. The van der Waals surface area contributed by atoms with E-state index in [2.05, 4.69) is 113 Å². The molecule has 5 aromatic rings. The van der Waals surface area contributed by atoms with Crippen molar-refractivity contribution in [1.29, 1.82) is 0 Å². The Hall–Kier alpha value is -4.67. The Bertz CT molecular complexity index is 1880. The van der Waals surface area contributed by atoms with E-state index in [1.54, 1.807) is 12.7 Å². The summed E-state index contributed by atoms with van der Waals surface area (Å²) in [5.74, 6) is 1.55. The third kappa shape index (κ3) is 5.87. The molecule has 0 radical (unpaired) electrons. The van der Waals surface area contributed by atoms with Crippen LogP contribution in [-0.2, 0) is 12.8 Å². The summed E-state index contributed by atoms with van der Waals surface area (Å²) in [6.07, 6.45) is 11.1. The number of anilines is 1. The number of fused-ring (bicyclic) bond motifs is 4. The third-order valence-electron chi connectivity index (χ3n) is 10.7. The van der Waals surface area contributed by atoms with Crippen LogP contribution in [-0.4, -0.2) is 49.7 Å². The molecule has 4 heteroatoms. The van der Waals surface area contributed by atoms with Crippen molar-refractivity contribution in [2.24, 2.45) is 5.92 Å². The van der Waals surface area contributed by atoms with Gasteiger partial charge in [-0.05, 0) is 94.5 Å². The first kappa shape index (κ1) is 29.7. The molecule has 1 fully saturated rings. The average molecular weight is 618 g/mol. The van der Waals surface area contributed by atoms with Gasteiger partial charge in [0.1, 0.15) is 5.75 Å². The number of aromatic nitrogens is 1. The number of para-hydroxylation sites is 2. The predicted octanol–water partition coefficient (Wildman–Crippen LogP) is 8.72. The van der Waals surface area contributed by atoms with Crippen LogP contribution in [0.4, 0.5) is 5.69 Å². The Labute approximate surface area is 279 Å². The molecule has 4 aromatic carbocycles. The molecule has 2 aliphatic carbocycles. The molecule has 4 nitrogen and oxygen atoms in total. The molecule has 1 aliphatic heterocycles. The lowest BCUT2D eigenvalue weighted by Crippen LogP contribution is -2.47. The monoisotopic (exact) mass is 617 g/mol. The quantitative estimate of drug-likeness (QED) is 0.174. The zero-order valence-corrected chi connectivity index (χ0v) is 27.3. The van der Waals surface area contributed by atoms with E-state index in [-0.39, 0.29) is 5.92 Å². The molecule has 0 amide bonds. The van der Waals surface area contributed by atoms with Gasteiger partial charge in [0.2, 0.25) is 0 Å². The van der Waals surface area contributed by atoms with E-state index in [1.165, 1.54) is 50.0 Å². The van der Waals surface area contributed by atoms with E-state index < -0.39 is 0 Å². The molecule has 2 atom stereocenters. The fourth-order valence-corrected chi connectivity index (χ4v) is 8.27. The second kappa shape index (κ2) is 13.2. The van der Waals surface area contributed by atoms with E-state index in [0.717, 1.165) is 64.2 Å². The number of pyridine rings is 1. The first-order chi connectivity index (χ1) is 23.3. The van der Waals surface area contributed by atoms with Crippen molar-refractivity contribution in [3.05, 3.63) is 155 Å². The molecular weight excluding hydrogens is 574 g/mol. The molecule has 47 heavy (non-hydrogen) atoms. The van der Waals surface area contributed by atoms with Crippen LogP contribution in [0.1, 0.15) is 46.7 Å². The van der Waals surface area contributed by atoms with E-state index in [4.69, 9.17) is 9.72 Å².